The number of nitrogens with zero attached hydrogens (tertiary/aromatic N) is 3. The van der Waals surface area contributed by atoms with E-state index in [0.29, 0.717) is 29.9 Å². The Morgan fingerprint density at radius 3 is 3.18 bits per heavy atom. The van der Waals surface area contributed by atoms with Gasteiger partial charge in [0.25, 0.3) is 0 Å². The Morgan fingerprint density at radius 2 is 2.36 bits per heavy atom. The molecule has 1 aliphatic rings. The SMILES string of the molecule is COCc1noc(CN2CC[C@@H](Oc3cccc(Cl)c3)C2)n1. The molecule has 0 unspecified atom stereocenters. The second-order valence-corrected chi connectivity index (χ2v) is 5.69. The summed E-state index contributed by atoms with van der Waals surface area (Å²) in [7, 11) is 1.61. The van der Waals surface area contributed by atoms with Gasteiger partial charge in [0.15, 0.2) is 5.82 Å². The van der Waals surface area contributed by atoms with Crippen molar-refractivity contribution < 1.29 is 14.0 Å². The van der Waals surface area contributed by atoms with Crippen LogP contribution in [0.1, 0.15) is 18.1 Å². The zero-order valence-electron chi connectivity index (χ0n) is 12.4. The van der Waals surface area contributed by atoms with Crippen LogP contribution >= 0.6 is 11.6 Å². The summed E-state index contributed by atoms with van der Waals surface area (Å²) < 4.78 is 16.1. The maximum atomic E-state index is 5.97. The van der Waals surface area contributed by atoms with E-state index >= 15 is 0 Å². The number of ether oxygens (including phenoxy) is 2. The van der Waals surface area contributed by atoms with Crippen molar-refractivity contribution in [3.8, 4) is 5.75 Å². The minimum Gasteiger partial charge on any atom is -0.489 e. The van der Waals surface area contributed by atoms with E-state index in [1.165, 1.54) is 0 Å². The number of benzene rings is 1. The number of aromatic nitrogens is 2. The molecule has 0 saturated carbocycles. The largest absolute Gasteiger partial charge is 0.489 e. The minimum atomic E-state index is 0.153. The van der Waals surface area contributed by atoms with Crippen LogP contribution in [0.15, 0.2) is 28.8 Å². The Bertz CT molecular complexity index is 620. The van der Waals surface area contributed by atoms with Gasteiger partial charge in [-0.05, 0) is 24.6 Å². The van der Waals surface area contributed by atoms with Crippen LogP contribution in [-0.2, 0) is 17.9 Å². The van der Waals surface area contributed by atoms with Crippen molar-refractivity contribution in [2.24, 2.45) is 0 Å². The van der Waals surface area contributed by atoms with Crippen LogP contribution in [-0.4, -0.2) is 41.3 Å². The molecule has 3 rings (SSSR count). The van der Waals surface area contributed by atoms with E-state index in [1.807, 2.05) is 24.3 Å². The lowest BCUT2D eigenvalue weighted by molar-refractivity contribution is 0.174. The maximum absolute atomic E-state index is 5.97. The molecule has 22 heavy (non-hydrogen) atoms. The van der Waals surface area contributed by atoms with Gasteiger partial charge in [-0.25, -0.2) is 0 Å². The predicted octanol–water partition coefficient (Wildman–Crippen LogP) is 2.52. The zero-order valence-corrected chi connectivity index (χ0v) is 13.1. The van der Waals surface area contributed by atoms with E-state index in [4.69, 9.17) is 25.6 Å². The highest BCUT2D eigenvalue weighted by molar-refractivity contribution is 6.30. The van der Waals surface area contributed by atoms with Gasteiger partial charge >= 0.3 is 0 Å². The highest BCUT2D eigenvalue weighted by Crippen LogP contribution is 2.22. The van der Waals surface area contributed by atoms with E-state index < -0.39 is 0 Å². The Hall–Kier alpha value is -1.63. The summed E-state index contributed by atoms with van der Waals surface area (Å²) in [6, 6.07) is 7.48. The quantitative estimate of drug-likeness (QED) is 0.814. The summed E-state index contributed by atoms with van der Waals surface area (Å²) in [5, 5.41) is 4.54. The van der Waals surface area contributed by atoms with E-state index in [0.717, 1.165) is 25.3 Å². The molecular formula is C15H18ClN3O3. The Balaban J connectivity index is 1.51. The van der Waals surface area contributed by atoms with Gasteiger partial charge in [0.05, 0.1) is 6.54 Å². The number of methoxy groups -OCH3 is 1. The first-order valence-electron chi connectivity index (χ1n) is 7.18. The molecule has 1 aromatic heterocycles. The summed E-state index contributed by atoms with van der Waals surface area (Å²) in [4.78, 5) is 6.52. The van der Waals surface area contributed by atoms with Gasteiger partial charge < -0.3 is 14.0 Å². The van der Waals surface area contributed by atoms with Crippen molar-refractivity contribution in [3.05, 3.63) is 41.0 Å². The molecule has 0 N–H and O–H groups in total. The smallest absolute Gasteiger partial charge is 0.240 e. The first kappa shape index (κ1) is 15.3. The molecule has 0 bridgehead atoms. The van der Waals surface area contributed by atoms with Crippen LogP contribution < -0.4 is 4.74 Å². The van der Waals surface area contributed by atoms with Crippen LogP contribution in [0, 0.1) is 0 Å². The van der Waals surface area contributed by atoms with Gasteiger partial charge in [-0.2, -0.15) is 4.98 Å². The first-order valence-corrected chi connectivity index (χ1v) is 7.55. The molecule has 1 atom stereocenters. The van der Waals surface area contributed by atoms with Crippen LogP contribution in [0.5, 0.6) is 5.75 Å². The third-order valence-electron chi connectivity index (χ3n) is 3.47. The number of likely N-dealkylation sites (tertiary alicyclic amines) is 1. The molecule has 2 heterocycles. The molecule has 1 aliphatic heterocycles. The van der Waals surface area contributed by atoms with E-state index in [-0.39, 0.29) is 6.10 Å². The lowest BCUT2D eigenvalue weighted by atomic mass is 10.3. The second kappa shape index (κ2) is 7.09. The number of hydrogen-bond acceptors (Lipinski definition) is 6. The summed E-state index contributed by atoms with van der Waals surface area (Å²) in [5.74, 6) is 1.98. The van der Waals surface area contributed by atoms with E-state index in [2.05, 4.69) is 15.0 Å². The van der Waals surface area contributed by atoms with Crippen molar-refractivity contribution >= 4 is 11.6 Å². The summed E-state index contributed by atoms with van der Waals surface area (Å²) in [6.45, 7) is 2.76. The molecule has 0 aliphatic carbocycles. The number of halogens is 1. The molecule has 1 aromatic carbocycles. The molecule has 118 valence electrons. The molecule has 0 radical (unpaired) electrons. The fourth-order valence-electron chi connectivity index (χ4n) is 2.50. The molecule has 2 aromatic rings. The van der Waals surface area contributed by atoms with Crippen LogP contribution in [0.4, 0.5) is 0 Å². The molecule has 1 fully saturated rings. The van der Waals surface area contributed by atoms with E-state index in [1.54, 1.807) is 7.11 Å². The van der Waals surface area contributed by atoms with Gasteiger partial charge in [-0.15, -0.1) is 0 Å². The highest BCUT2D eigenvalue weighted by atomic mass is 35.5. The van der Waals surface area contributed by atoms with Crippen molar-refractivity contribution in [3.63, 3.8) is 0 Å². The number of rotatable bonds is 6. The second-order valence-electron chi connectivity index (χ2n) is 5.26. The van der Waals surface area contributed by atoms with Crippen molar-refractivity contribution in [1.29, 1.82) is 0 Å². The fourth-order valence-corrected chi connectivity index (χ4v) is 2.68. The van der Waals surface area contributed by atoms with Gasteiger partial charge in [0.2, 0.25) is 5.89 Å². The normalized spacial score (nSPS) is 18.7. The molecule has 6 nitrogen and oxygen atoms in total. The third kappa shape index (κ3) is 3.97. The lowest BCUT2D eigenvalue weighted by Gasteiger charge is -2.15. The topological polar surface area (TPSA) is 60.6 Å². The average Bonchev–Trinajstić information content (AvgIpc) is 3.10. The summed E-state index contributed by atoms with van der Waals surface area (Å²) in [6.07, 6.45) is 1.12. The van der Waals surface area contributed by atoms with E-state index in [9.17, 15) is 0 Å². The highest BCUT2D eigenvalue weighted by Gasteiger charge is 2.25. The van der Waals surface area contributed by atoms with Gasteiger partial charge in [0.1, 0.15) is 18.5 Å². The van der Waals surface area contributed by atoms with Crippen molar-refractivity contribution in [2.45, 2.75) is 25.7 Å². The molecule has 0 amide bonds. The van der Waals surface area contributed by atoms with Crippen LogP contribution in [0.25, 0.3) is 0 Å². The zero-order chi connectivity index (χ0) is 15.4. The number of hydrogen-bond donors (Lipinski definition) is 0. The fraction of sp³-hybridized carbons (Fsp3) is 0.467. The lowest BCUT2D eigenvalue weighted by Crippen LogP contribution is -2.24. The van der Waals surface area contributed by atoms with Crippen molar-refractivity contribution in [2.75, 3.05) is 20.2 Å². The Morgan fingerprint density at radius 1 is 1.45 bits per heavy atom. The van der Waals surface area contributed by atoms with Gasteiger partial charge in [0, 0.05) is 25.2 Å². The Labute approximate surface area is 134 Å². The van der Waals surface area contributed by atoms with Crippen molar-refractivity contribution in [1.82, 2.24) is 15.0 Å². The molecule has 1 saturated heterocycles. The molecular weight excluding hydrogens is 306 g/mol. The average molecular weight is 324 g/mol. The van der Waals surface area contributed by atoms with Crippen LogP contribution in [0.2, 0.25) is 5.02 Å². The Kier molecular flexibility index (Phi) is 4.92. The molecule has 0 spiro atoms. The minimum absolute atomic E-state index is 0.153. The third-order valence-corrected chi connectivity index (χ3v) is 3.71. The summed E-state index contributed by atoms with van der Waals surface area (Å²) >= 11 is 5.97. The maximum Gasteiger partial charge on any atom is 0.240 e. The molecule has 7 heteroatoms. The first-order chi connectivity index (χ1) is 10.7. The monoisotopic (exact) mass is 323 g/mol. The predicted molar refractivity (Wildman–Crippen MR) is 80.8 cm³/mol. The standard InChI is InChI=1S/C15H18ClN3O3/c1-20-10-14-17-15(22-18-14)9-19-6-5-13(8-19)21-12-4-2-3-11(16)7-12/h2-4,7,13H,5-6,8-10H2,1H3/t13-/m1/s1. The summed E-state index contributed by atoms with van der Waals surface area (Å²) in [5.41, 5.74) is 0. The van der Waals surface area contributed by atoms with Gasteiger partial charge in [-0.1, -0.05) is 22.8 Å². The van der Waals surface area contributed by atoms with Gasteiger partial charge in [-0.3, -0.25) is 4.90 Å². The van der Waals surface area contributed by atoms with Crippen LogP contribution in [0.3, 0.4) is 0 Å².